The summed E-state index contributed by atoms with van der Waals surface area (Å²) in [5.74, 6) is -1.01. The van der Waals surface area contributed by atoms with Gasteiger partial charge in [-0.3, -0.25) is 14.4 Å². The molecule has 58 heavy (non-hydrogen) atoms. The molecule has 0 fully saturated rings. The van der Waals surface area contributed by atoms with Gasteiger partial charge >= 0.3 is 17.9 Å². The quantitative estimate of drug-likeness (QED) is 0.0201. The Bertz CT molecular complexity index is 1110. The molecule has 1 unspecified atom stereocenters. The highest BCUT2D eigenvalue weighted by Gasteiger charge is 2.19. The van der Waals surface area contributed by atoms with Crippen LogP contribution in [-0.4, -0.2) is 37.2 Å². The second-order valence-corrected chi connectivity index (χ2v) is 15.7. The van der Waals surface area contributed by atoms with E-state index in [-0.39, 0.29) is 37.5 Å². The average Bonchev–Trinajstić information content (AvgIpc) is 3.22. The highest BCUT2D eigenvalue weighted by atomic mass is 16.6. The standard InChI is InChI=1S/C52H88O6/c1-4-7-10-13-16-19-22-23-24-25-26-27-28-31-33-36-39-42-45-51(54)57-48-49(58-52(55)46-43-40-37-34-30-21-18-15-12-9-6-3)47-56-50(53)44-41-38-35-32-29-20-17-14-11-8-5-2/h9,12,14,17-18,20-21,26-27,29,34,37,49H,4-8,10-11,13,15-16,19,22-25,28,30-33,35-36,38-48H2,1-3H3/b12-9-,17-14-,21-18-,27-26-,29-20-,37-34-. The van der Waals surface area contributed by atoms with Gasteiger partial charge in [0.2, 0.25) is 0 Å². The van der Waals surface area contributed by atoms with Crippen LogP contribution in [0.3, 0.4) is 0 Å². The predicted molar refractivity (Wildman–Crippen MR) is 247 cm³/mol. The number of unbranched alkanes of at least 4 members (excludes halogenated alkanes) is 20. The summed E-state index contributed by atoms with van der Waals surface area (Å²) in [4.78, 5) is 37.7. The summed E-state index contributed by atoms with van der Waals surface area (Å²) in [6.07, 6.45) is 57.6. The minimum absolute atomic E-state index is 0.109. The van der Waals surface area contributed by atoms with E-state index in [4.69, 9.17) is 14.2 Å². The van der Waals surface area contributed by atoms with Gasteiger partial charge in [-0.1, -0.05) is 184 Å². The van der Waals surface area contributed by atoms with E-state index in [9.17, 15) is 14.4 Å². The van der Waals surface area contributed by atoms with Crippen LogP contribution in [0.25, 0.3) is 0 Å². The van der Waals surface area contributed by atoms with E-state index < -0.39 is 6.10 Å². The molecular formula is C52H88O6. The molecule has 0 N–H and O–H groups in total. The molecule has 0 aliphatic rings. The van der Waals surface area contributed by atoms with Crippen LogP contribution in [0.15, 0.2) is 72.9 Å². The zero-order chi connectivity index (χ0) is 42.3. The molecule has 332 valence electrons. The maximum absolute atomic E-state index is 12.7. The lowest BCUT2D eigenvalue weighted by atomic mass is 10.1. The lowest BCUT2D eigenvalue weighted by Gasteiger charge is -2.18. The van der Waals surface area contributed by atoms with Crippen LogP contribution in [0.2, 0.25) is 0 Å². The smallest absolute Gasteiger partial charge is 0.306 e. The van der Waals surface area contributed by atoms with Crippen LogP contribution in [0, 0.1) is 0 Å². The summed E-state index contributed by atoms with van der Waals surface area (Å²) in [6.45, 7) is 6.38. The normalized spacial score (nSPS) is 12.7. The summed E-state index contributed by atoms with van der Waals surface area (Å²) >= 11 is 0. The Balaban J connectivity index is 4.41. The number of carbonyl (C=O) groups excluding carboxylic acids is 3. The number of hydrogen-bond acceptors (Lipinski definition) is 6. The van der Waals surface area contributed by atoms with Crippen LogP contribution >= 0.6 is 0 Å². The molecular weight excluding hydrogens is 721 g/mol. The highest BCUT2D eigenvalue weighted by molar-refractivity contribution is 5.71. The third-order valence-corrected chi connectivity index (χ3v) is 9.94. The van der Waals surface area contributed by atoms with E-state index in [2.05, 4.69) is 93.7 Å². The zero-order valence-electron chi connectivity index (χ0n) is 37.8. The van der Waals surface area contributed by atoms with Crippen molar-refractivity contribution in [3.05, 3.63) is 72.9 Å². The van der Waals surface area contributed by atoms with E-state index >= 15 is 0 Å². The van der Waals surface area contributed by atoms with Crippen molar-refractivity contribution in [1.29, 1.82) is 0 Å². The van der Waals surface area contributed by atoms with Crippen molar-refractivity contribution in [2.75, 3.05) is 13.2 Å². The maximum Gasteiger partial charge on any atom is 0.306 e. The van der Waals surface area contributed by atoms with Crippen LogP contribution in [0.4, 0.5) is 0 Å². The SMILES string of the molecule is CC/C=C\C/C=C\C/C=C\CCCC(=O)OC(COC(=O)CCCCC/C=C\C=C/CCCC)COC(=O)CCCCCCC/C=C\CCCCCCCCCCC. The first-order valence-corrected chi connectivity index (χ1v) is 24.0. The minimum atomic E-state index is -0.813. The fourth-order valence-electron chi connectivity index (χ4n) is 6.32. The van der Waals surface area contributed by atoms with Gasteiger partial charge in [-0.25, -0.2) is 0 Å². The fourth-order valence-corrected chi connectivity index (χ4v) is 6.32. The average molecular weight is 809 g/mol. The van der Waals surface area contributed by atoms with Crippen LogP contribution in [0.1, 0.15) is 220 Å². The molecule has 0 amide bonds. The molecule has 0 heterocycles. The Morgan fingerprint density at radius 3 is 1.29 bits per heavy atom. The van der Waals surface area contributed by atoms with Gasteiger partial charge in [0, 0.05) is 19.3 Å². The minimum Gasteiger partial charge on any atom is -0.462 e. The first kappa shape index (κ1) is 54.9. The van der Waals surface area contributed by atoms with Crippen molar-refractivity contribution >= 4 is 17.9 Å². The van der Waals surface area contributed by atoms with Crippen LogP contribution in [0.5, 0.6) is 0 Å². The van der Waals surface area contributed by atoms with Gasteiger partial charge in [0.1, 0.15) is 13.2 Å². The molecule has 0 aromatic heterocycles. The van der Waals surface area contributed by atoms with Crippen molar-refractivity contribution in [2.24, 2.45) is 0 Å². The van der Waals surface area contributed by atoms with Crippen molar-refractivity contribution in [3.63, 3.8) is 0 Å². The largest absolute Gasteiger partial charge is 0.462 e. The van der Waals surface area contributed by atoms with Gasteiger partial charge in [0.25, 0.3) is 0 Å². The maximum atomic E-state index is 12.7. The van der Waals surface area contributed by atoms with Crippen LogP contribution < -0.4 is 0 Å². The second kappa shape index (κ2) is 46.5. The van der Waals surface area contributed by atoms with Gasteiger partial charge in [-0.2, -0.15) is 0 Å². The number of hydrogen-bond donors (Lipinski definition) is 0. The number of carbonyl (C=O) groups is 3. The molecule has 0 aromatic carbocycles. The van der Waals surface area contributed by atoms with Crippen molar-refractivity contribution in [1.82, 2.24) is 0 Å². The molecule has 0 aliphatic carbocycles. The van der Waals surface area contributed by atoms with Gasteiger partial charge in [0.05, 0.1) is 0 Å². The Labute approximate surface area is 357 Å². The van der Waals surface area contributed by atoms with Crippen molar-refractivity contribution < 1.29 is 28.6 Å². The molecule has 0 saturated heterocycles. The highest BCUT2D eigenvalue weighted by Crippen LogP contribution is 2.13. The molecule has 6 nitrogen and oxygen atoms in total. The Hall–Kier alpha value is -3.15. The van der Waals surface area contributed by atoms with Crippen molar-refractivity contribution in [3.8, 4) is 0 Å². The molecule has 0 spiro atoms. The van der Waals surface area contributed by atoms with E-state index in [1.54, 1.807) is 0 Å². The third-order valence-electron chi connectivity index (χ3n) is 9.94. The van der Waals surface area contributed by atoms with E-state index in [1.807, 2.05) is 0 Å². The van der Waals surface area contributed by atoms with E-state index in [1.165, 1.54) is 89.9 Å². The lowest BCUT2D eigenvalue weighted by Crippen LogP contribution is -2.30. The summed E-state index contributed by atoms with van der Waals surface area (Å²) in [5.41, 5.74) is 0. The van der Waals surface area contributed by atoms with Crippen LogP contribution in [-0.2, 0) is 28.6 Å². The molecule has 0 bridgehead atoms. The molecule has 0 saturated carbocycles. The third kappa shape index (κ3) is 44.0. The summed E-state index contributed by atoms with van der Waals surface area (Å²) in [6, 6.07) is 0. The predicted octanol–water partition coefficient (Wildman–Crippen LogP) is 15.5. The number of ether oxygens (including phenoxy) is 3. The van der Waals surface area contributed by atoms with Gasteiger partial charge < -0.3 is 14.2 Å². The molecule has 0 aliphatic heterocycles. The van der Waals surface area contributed by atoms with E-state index in [0.29, 0.717) is 19.3 Å². The number of allylic oxidation sites excluding steroid dienone is 12. The Morgan fingerprint density at radius 2 is 0.759 bits per heavy atom. The van der Waals surface area contributed by atoms with Gasteiger partial charge in [0.15, 0.2) is 6.10 Å². The topological polar surface area (TPSA) is 78.9 Å². The fraction of sp³-hybridized carbons (Fsp3) is 0.712. The summed E-state index contributed by atoms with van der Waals surface area (Å²) < 4.78 is 16.6. The molecule has 0 aromatic rings. The number of esters is 3. The summed E-state index contributed by atoms with van der Waals surface area (Å²) in [5, 5.41) is 0. The van der Waals surface area contributed by atoms with Crippen molar-refractivity contribution in [2.45, 2.75) is 226 Å². The first-order valence-electron chi connectivity index (χ1n) is 24.0. The molecule has 6 heteroatoms. The molecule has 0 rings (SSSR count). The summed E-state index contributed by atoms with van der Waals surface area (Å²) in [7, 11) is 0. The Morgan fingerprint density at radius 1 is 0.379 bits per heavy atom. The molecule has 1 atom stereocenters. The van der Waals surface area contributed by atoms with Gasteiger partial charge in [-0.15, -0.1) is 0 Å². The lowest BCUT2D eigenvalue weighted by molar-refractivity contribution is -0.167. The first-order chi connectivity index (χ1) is 28.5. The number of rotatable bonds is 42. The van der Waals surface area contributed by atoms with Gasteiger partial charge in [-0.05, 0) is 89.9 Å². The Kier molecular flexibility index (Phi) is 44.0. The van der Waals surface area contributed by atoms with E-state index in [0.717, 1.165) is 83.5 Å². The second-order valence-electron chi connectivity index (χ2n) is 15.7. The molecule has 0 radical (unpaired) electrons. The monoisotopic (exact) mass is 809 g/mol. The zero-order valence-corrected chi connectivity index (χ0v) is 37.8.